The first-order valence-corrected chi connectivity index (χ1v) is 10.1. The van der Waals surface area contributed by atoms with Gasteiger partial charge in [0.2, 0.25) is 5.91 Å². The number of aryl methyl sites for hydroxylation is 1. The van der Waals surface area contributed by atoms with Crippen molar-refractivity contribution >= 4 is 28.5 Å². The molecule has 2 aromatic heterocycles. The lowest BCUT2D eigenvalue weighted by atomic mass is 9.85. The number of aliphatic hydroxyl groups is 1. The maximum absolute atomic E-state index is 12.6. The Morgan fingerprint density at radius 3 is 2.77 bits per heavy atom. The van der Waals surface area contributed by atoms with E-state index >= 15 is 0 Å². The minimum absolute atomic E-state index is 0.0763. The van der Waals surface area contributed by atoms with E-state index in [4.69, 9.17) is 5.11 Å². The first-order valence-electron chi connectivity index (χ1n) is 10.1. The summed E-state index contributed by atoms with van der Waals surface area (Å²) in [4.78, 5) is 36.0. The Balaban J connectivity index is 1.70. The number of carboxylic acid groups (broad SMARTS) is 1. The molecule has 1 atom stereocenters. The second-order valence-corrected chi connectivity index (χ2v) is 9.23. The molecule has 8 nitrogen and oxygen atoms in total. The van der Waals surface area contributed by atoms with Gasteiger partial charge in [-0.3, -0.25) is 19.6 Å². The van der Waals surface area contributed by atoms with Crippen LogP contribution in [-0.2, 0) is 9.59 Å². The van der Waals surface area contributed by atoms with E-state index < -0.39 is 17.0 Å². The predicted octanol–water partition coefficient (Wildman–Crippen LogP) is 2.23. The number of fused-ring (bicyclic) bond motifs is 1. The molecule has 1 aliphatic heterocycles. The highest BCUT2D eigenvalue weighted by Gasteiger charge is 2.39. The third-order valence-corrected chi connectivity index (χ3v) is 5.61. The van der Waals surface area contributed by atoms with Gasteiger partial charge in [-0.25, -0.2) is 0 Å². The van der Waals surface area contributed by atoms with E-state index in [9.17, 15) is 14.7 Å². The quantitative estimate of drug-likeness (QED) is 0.715. The fourth-order valence-electron chi connectivity index (χ4n) is 4.18. The molecule has 1 unspecified atom stereocenters. The lowest BCUT2D eigenvalue weighted by Crippen LogP contribution is -2.46. The summed E-state index contributed by atoms with van der Waals surface area (Å²) in [5, 5.41) is 21.1. The zero-order valence-electron chi connectivity index (χ0n) is 18.1. The summed E-state index contributed by atoms with van der Waals surface area (Å²) in [5.41, 5.74) is 1.07. The molecule has 1 amide bonds. The Labute approximate surface area is 176 Å². The van der Waals surface area contributed by atoms with Crippen LogP contribution in [0.3, 0.4) is 0 Å². The Kier molecular flexibility index (Phi) is 5.99. The van der Waals surface area contributed by atoms with Crippen LogP contribution >= 0.6 is 0 Å². The highest BCUT2D eigenvalue weighted by atomic mass is 16.4. The number of rotatable bonds is 7. The summed E-state index contributed by atoms with van der Waals surface area (Å²) in [6, 6.07) is 3.87. The number of hydrogen-bond donors (Lipinski definition) is 2. The molecular weight excluding hydrogens is 384 g/mol. The fourth-order valence-corrected chi connectivity index (χ4v) is 4.18. The van der Waals surface area contributed by atoms with Crippen LogP contribution < -0.4 is 4.90 Å². The van der Waals surface area contributed by atoms with Crippen LogP contribution in [0.15, 0.2) is 24.5 Å². The van der Waals surface area contributed by atoms with E-state index in [-0.39, 0.29) is 25.3 Å². The third kappa shape index (κ3) is 5.05. The smallest absolute Gasteiger partial charge is 0.303 e. The highest BCUT2D eigenvalue weighted by Crippen LogP contribution is 2.33. The zero-order chi connectivity index (χ0) is 22.1. The van der Waals surface area contributed by atoms with Crippen LogP contribution in [0.4, 0.5) is 5.69 Å². The first-order chi connectivity index (χ1) is 14.0. The summed E-state index contributed by atoms with van der Waals surface area (Å²) in [6.07, 6.45) is 4.08. The summed E-state index contributed by atoms with van der Waals surface area (Å²) >= 11 is 0. The van der Waals surface area contributed by atoms with E-state index in [0.717, 1.165) is 22.3 Å². The topological polar surface area (TPSA) is 107 Å². The molecule has 1 aliphatic rings. The summed E-state index contributed by atoms with van der Waals surface area (Å²) < 4.78 is 0. The van der Waals surface area contributed by atoms with E-state index in [1.165, 1.54) is 4.90 Å². The number of aromatic nitrogens is 2. The molecule has 0 spiro atoms. The number of anilines is 1. The lowest BCUT2D eigenvalue weighted by Gasteiger charge is -2.31. The first kappa shape index (κ1) is 22.0. The summed E-state index contributed by atoms with van der Waals surface area (Å²) in [5.74, 6) is -1.09. The van der Waals surface area contributed by atoms with Crippen molar-refractivity contribution in [3.63, 3.8) is 0 Å². The molecule has 0 aromatic carbocycles. The van der Waals surface area contributed by atoms with Crippen molar-refractivity contribution in [2.24, 2.45) is 5.41 Å². The SMILES string of the molecule is Cc1cc(N2CCC(O)(CN(C)C(=O)CC(C)(C)CC(=O)O)C2)c2cnccc2n1. The second-order valence-electron chi connectivity index (χ2n) is 9.23. The molecule has 3 heterocycles. The number of pyridine rings is 2. The number of carbonyl (C=O) groups is 2. The standard InChI is InChI=1S/C22H30N4O4/c1-15-9-18(16-12-23-7-5-17(16)24-15)26-8-6-22(30,14-26)13-25(4)19(27)10-21(2,3)11-20(28)29/h5,7,9,12,30H,6,8,10-11,13-14H2,1-4H3,(H,28,29). The molecule has 162 valence electrons. The summed E-state index contributed by atoms with van der Waals surface area (Å²) in [6.45, 7) is 6.74. The van der Waals surface area contributed by atoms with E-state index in [1.54, 1.807) is 33.3 Å². The number of carbonyl (C=O) groups excluding carboxylic acids is 1. The van der Waals surface area contributed by atoms with Gasteiger partial charge in [0.05, 0.1) is 18.5 Å². The van der Waals surface area contributed by atoms with E-state index in [2.05, 4.69) is 14.9 Å². The Morgan fingerprint density at radius 1 is 1.33 bits per heavy atom. The van der Waals surface area contributed by atoms with Crippen molar-refractivity contribution in [3.05, 3.63) is 30.2 Å². The van der Waals surface area contributed by atoms with Gasteiger partial charge >= 0.3 is 5.97 Å². The van der Waals surface area contributed by atoms with E-state index in [1.807, 2.05) is 19.1 Å². The molecule has 0 saturated carbocycles. The maximum atomic E-state index is 12.6. The van der Waals surface area contributed by atoms with Crippen LogP contribution in [0.25, 0.3) is 10.9 Å². The Bertz CT molecular complexity index is 961. The van der Waals surface area contributed by atoms with Crippen molar-refractivity contribution in [2.75, 3.05) is 31.6 Å². The van der Waals surface area contributed by atoms with Crippen molar-refractivity contribution in [3.8, 4) is 0 Å². The van der Waals surface area contributed by atoms with Crippen molar-refractivity contribution in [1.82, 2.24) is 14.9 Å². The monoisotopic (exact) mass is 414 g/mol. The largest absolute Gasteiger partial charge is 0.481 e. The van der Waals surface area contributed by atoms with Gasteiger partial charge in [-0.1, -0.05) is 13.8 Å². The van der Waals surface area contributed by atoms with Gasteiger partial charge in [0.1, 0.15) is 5.60 Å². The van der Waals surface area contributed by atoms with Crippen molar-refractivity contribution in [1.29, 1.82) is 0 Å². The van der Waals surface area contributed by atoms with Crippen LogP contribution in [0.5, 0.6) is 0 Å². The van der Waals surface area contributed by atoms with Crippen LogP contribution in [0.2, 0.25) is 0 Å². The lowest BCUT2D eigenvalue weighted by molar-refractivity contribution is -0.141. The Hall–Kier alpha value is -2.74. The molecule has 3 rings (SSSR count). The number of amides is 1. The third-order valence-electron chi connectivity index (χ3n) is 5.61. The molecule has 0 radical (unpaired) electrons. The molecule has 1 saturated heterocycles. The number of β-amino-alcohol motifs (C(OH)–C–C–N with tert-alkyl or cyclic N) is 1. The van der Waals surface area contributed by atoms with Gasteiger partial charge < -0.3 is 20.0 Å². The number of aliphatic carboxylic acids is 1. The van der Waals surface area contributed by atoms with Crippen molar-refractivity contribution in [2.45, 2.75) is 45.6 Å². The van der Waals surface area contributed by atoms with Gasteiger partial charge in [-0.05, 0) is 30.9 Å². The number of carboxylic acids is 1. The second kappa shape index (κ2) is 8.18. The number of nitrogens with zero attached hydrogens (tertiary/aromatic N) is 4. The molecule has 2 aromatic rings. The zero-order valence-corrected chi connectivity index (χ0v) is 18.1. The minimum Gasteiger partial charge on any atom is -0.481 e. The molecule has 2 N–H and O–H groups in total. The predicted molar refractivity (Wildman–Crippen MR) is 114 cm³/mol. The minimum atomic E-state index is -1.03. The average Bonchev–Trinajstić information content (AvgIpc) is 3.01. The molecule has 8 heteroatoms. The van der Waals surface area contributed by atoms with Crippen molar-refractivity contribution < 1.29 is 19.8 Å². The molecule has 0 bridgehead atoms. The van der Waals surface area contributed by atoms with Gasteiger partial charge in [-0.15, -0.1) is 0 Å². The summed E-state index contributed by atoms with van der Waals surface area (Å²) in [7, 11) is 1.66. The van der Waals surface area contributed by atoms with Gasteiger partial charge in [-0.2, -0.15) is 0 Å². The fraction of sp³-hybridized carbons (Fsp3) is 0.545. The molecule has 1 fully saturated rings. The number of likely N-dealkylation sites (N-methyl/N-ethyl adjacent to an activating group) is 1. The number of hydrogen-bond acceptors (Lipinski definition) is 6. The maximum Gasteiger partial charge on any atom is 0.303 e. The normalized spacial score (nSPS) is 19.3. The van der Waals surface area contributed by atoms with Crippen LogP contribution in [0, 0.1) is 12.3 Å². The van der Waals surface area contributed by atoms with Crippen LogP contribution in [0.1, 0.15) is 38.8 Å². The van der Waals surface area contributed by atoms with Crippen LogP contribution in [-0.4, -0.2) is 69.2 Å². The molecule has 30 heavy (non-hydrogen) atoms. The average molecular weight is 415 g/mol. The highest BCUT2D eigenvalue weighted by molar-refractivity contribution is 5.91. The molecular formula is C22H30N4O4. The molecule has 0 aliphatic carbocycles. The van der Waals surface area contributed by atoms with Gasteiger partial charge in [0.15, 0.2) is 0 Å². The Morgan fingerprint density at radius 2 is 2.07 bits per heavy atom. The van der Waals surface area contributed by atoms with E-state index in [0.29, 0.717) is 19.5 Å². The van der Waals surface area contributed by atoms with Gasteiger partial charge in [0, 0.05) is 55.7 Å². The van der Waals surface area contributed by atoms with Gasteiger partial charge in [0.25, 0.3) is 0 Å².